The monoisotopic (exact) mass is 398 g/mol. The third-order valence-electron chi connectivity index (χ3n) is 5.94. The van der Waals surface area contributed by atoms with Crippen LogP contribution < -0.4 is 4.90 Å². The Labute approximate surface area is 170 Å². The molecule has 0 bridgehead atoms. The topological polar surface area (TPSA) is 53.0 Å². The van der Waals surface area contributed by atoms with Gasteiger partial charge in [0, 0.05) is 18.7 Å². The maximum absolute atomic E-state index is 14.7. The predicted octanol–water partition coefficient (Wildman–Crippen LogP) is 4.04. The highest BCUT2D eigenvalue weighted by molar-refractivity contribution is 5.89. The van der Waals surface area contributed by atoms with Crippen molar-refractivity contribution >= 4 is 11.8 Å². The van der Waals surface area contributed by atoms with E-state index >= 15 is 0 Å². The highest BCUT2D eigenvalue weighted by Gasteiger charge is 2.24. The Kier molecular flexibility index (Phi) is 6.11. The van der Waals surface area contributed by atoms with Gasteiger partial charge in [-0.05, 0) is 67.6 Å². The van der Waals surface area contributed by atoms with Crippen molar-refractivity contribution in [3.05, 3.63) is 53.8 Å². The lowest BCUT2D eigenvalue weighted by atomic mass is 9.93. The molecule has 1 amide bonds. The molecule has 0 atom stereocenters. The summed E-state index contributed by atoms with van der Waals surface area (Å²) < 4.78 is 19.6. The first-order valence-corrected chi connectivity index (χ1v) is 10.3. The van der Waals surface area contributed by atoms with Crippen molar-refractivity contribution < 1.29 is 19.0 Å². The van der Waals surface area contributed by atoms with Gasteiger partial charge in [-0.15, -0.1) is 0 Å². The fourth-order valence-corrected chi connectivity index (χ4v) is 4.20. The van der Waals surface area contributed by atoms with Gasteiger partial charge in [0.25, 0.3) is 0 Å². The number of aliphatic hydroxyl groups is 1. The van der Waals surface area contributed by atoms with E-state index in [4.69, 9.17) is 9.84 Å². The molecule has 0 radical (unpaired) electrons. The summed E-state index contributed by atoms with van der Waals surface area (Å²) in [5.74, 6) is 0.299. The van der Waals surface area contributed by atoms with E-state index in [0.29, 0.717) is 30.3 Å². The predicted molar refractivity (Wildman–Crippen MR) is 110 cm³/mol. The molecular formula is C23H27FN2O3. The molecule has 2 saturated heterocycles. The Morgan fingerprint density at radius 3 is 2.45 bits per heavy atom. The summed E-state index contributed by atoms with van der Waals surface area (Å²) in [6.07, 6.45) is 2.76. The molecule has 29 heavy (non-hydrogen) atoms. The second-order valence-corrected chi connectivity index (χ2v) is 7.86. The Bertz CT molecular complexity index is 848. The van der Waals surface area contributed by atoms with E-state index in [2.05, 4.69) is 17.0 Å². The van der Waals surface area contributed by atoms with Crippen LogP contribution in [0.25, 0.3) is 11.1 Å². The number of nitrogens with zero attached hydrogens (tertiary/aromatic N) is 2. The summed E-state index contributed by atoms with van der Waals surface area (Å²) in [5.41, 5.74) is 3.09. The number of carbonyl (C=O) groups excluding carboxylic acids is 1. The van der Waals surface area contributed by atoms with Crippen molar-refractivity contribution in [2.24, 2.45) is 5.92 Å². The van der Waals surface area contributed by atoms with Crippen LogP contribution in [0.3, 0.4) is 0 Å². The number of halogens is 1. The average Bonchev–Trinajstić information content (AvgIpc) is 3.16. The number of likely N-dealkylation sites (tertiary alicyclic amines) is 1. The number of amides is 1. The standard InChI is InChI=1S/C23H27FN2O3/c24-22-15-20(26-12-14-29-23(26)28)5-6-21(22)19-3-1-18(2-4-19)16-25-10-7-17(8-11-25)9-13-27/h1-6,15,17,27H,7-14,16H2. The molecule has 0 aliphatic carbocycles. The van der Waals surface area contributed by atoms with Crippen molar-refractivity contribution in [3.63, 3.8) is 0 Å². The normalized spacial score (nSPS) is 18.3. The summed E-state index contributed by atoms with van der Waals surface area (Å²) in [4.78, 5) is 15.5. The number of hydrogen-bond acceptors (Lipinski definition) is 4. The van der Waals surface area contributed by atoms with Gasteiger partial charge in [0.05, 0.1) is 12.2 Å². The molecule has 4 rings (SSSR count). The Hall–Kier alpha value is -2.44. The second kappa shape index (κ2) is 8.93. The van der Waals surface area contributed by atoms with Gasteiger partial charge in [-0.1, -0.05) is 24.3 Å². The number of benzene rings is 2. The summed E-state index contributed by atoms with van der Waals surface area (Å²) in [6.45, 7) is 4.08. The smallest absolute Gasteiger partial charge is 0.414 e. The van der Waals surface area contributed by atoms with E-state index in [0.717, 1.165) is 44.5 Å². The molecule has 154 valence electrons. The van der Waals surface area contributed by atoms with Gasteiger partial charge in [0.15, 0.2) is 0 Å². The van der Waals surface area contributed by atoms with Crippen LogP contribution >= 0.6 is 0 Å². The molecule has 2 aliphatic heterocycles. The molecule has 1 N–H and O–H groups in total. The fraction of sp³-hybridized carbons (Fsp3) is 0.435. The van der Waals surface area contributed by atoms with Crippen LogP contribution in [0.5, 0.6) is 0 Å². The molecular weight excluding hydrogens is 371 g/mol. The van der Waals surface area contributed by atoms with Crippen LogP contribution in [0.4, 0.5) is 14.9 Å². The van der Waals surface area contributed by atoms with E-state index in [1.807, 2.05) is 12.1 Å². The third-order valence-corrected chi connectivity index (χ3v) is 5.94. The number of anilines is 1. The van der Waals surface area contributed by atoms with Crippen molar-refractivity contribution in [2.45, 2.75) is 25.8 Å². The minimum Gasteiger partial charge on any atom is -0.447 e. The quantitative estimate of drug-likeness (QED) is 0.798. The van der Waals surface area contributed by atoms with Gasteiger partial charge in [-0.3, -0.25) is 9.80 Å². The van der Waals surface area contributed by atoms with Crippen LogP contribution in [0.1, 0.15) is 24.8 Å². The zero-order valence-corrected chi connectivity index (χ0v) is 16.5. The Morgan fingerprint density at radius 1 is 1.07 bits per heavy atom. The number of carbonyl (C=O) groups is 1. The molecule has 0 saturated carbocycles. The van der Waals surface area contributed by atoms with E-state index in [-0.39, 0.29) is 12.4 Å². The van der Waals surface area contributed by atoms with Crippen LogP contribution in [0, 0.1) is 11.7 Å². The number of cyclic esters (lactones) is 1. The molecule has 0 unspecified atom stereocenters. The molecule has 2 aromatic carbocycles. The summed E-state index contributed by atoms with van der Waals surface area (Å²) in [7, 11) is 0. The maximum atomic E-state index is 14.7. The Balaban J connectivity index is 1.40. The number of piperidine rings is 1. The van der Waals surface area contributed by atoms with Crippen molar-refractivity contribution in [1.29, 1.82) is 0 Å². The SMILES string of the molecule is O=C1OCCN1c1ccc(-c2ccc(CN3CCC(CCO)CC3)cc2)c(F)c1. The average molecular weight is 398 g/mol. The lowest BCUT2D eigenvalue weighted by molar-refractivity contribution is 0.153. The number of aliphatic hydroxyl groups excluding tert-OH is 1. The van der Waals surface area contributed by atoms with E-state index in [1.165, 1.54) is 16.5 Å². The summed E-state index contributed by atoms with van der Waals surface area (Å²) in [6, 6.07) is 12.9. The minimum atomic E-state index is -0.429. The second-order valence-electron chi connectivity index (χ2n) is 7.86. The first-order valence-electron chi connectivity index (χ1n) is 10.3. The van der Waals surface area contributed by atoms with Gasteiger partial charge in [0.1, 0.15) is 12.4 Å². The summed E-state index contributed by atoms with van der Waals surface area (Å²) in [5, 5.41) is 9.08. The lowest BCUT2D eigenvalue weighted by Gasteiger charge is -2.31. The number of rotatable bonds is 6. The van der Waals surface area contributed by atoms with Gasteiger partial charge in [-0.2, -0.15) is 0 Å². The molecule has 2 heterocycles. The molecule has 2 aromatic rings. The van der Waals surface area contributed by atoms with Crippen LogP contribution in [0.2, 0.25) is 0 Å². The maximum Gasteiger partial charge on any atom is 0.414 e. The molecule has 0 spiro atoms. The number of hydrogen-bond donors (Lipinski definition) is 1. The zero-order valence-electron chi connectivity index (χ0n) is 16.5. The summed E-state index contributed by atoms with van der Waals surface area (Å²) >= 11 is 0. The van der Waals surface area contributed by atoms with Crippen molar-refractivity contribution in [1.82, 2.24) is 4.90 Å². The molecule has 0 aromatic heterocycles. The van der Waals surface area contributed by atoms with Crippen LogP contribution in [0.15, 0.2) is 42.5 Å². The van der Waals surface area contributed by atoms with Crippen molar-refractivity contribution in [2.75, 3.05) is 37.7 Å². The van der Waals surface area contributed by atoms with Gasteiger partial charge >= 0.3 is 6.09 Å². The molecule has 5 nitrogen and oxygen atoms in total. The van der Waals surface area contributed by atoms with E-state index in [1.54, 1.807) is 12.1 Å². The van der Waals surface area contributed by atoms with E-state index < -0.39 is 6.09 Å². The lowest BCUT2D eigenvalue weighted by Crippen LogP contribution is -2.33. The van der Waals surface area contributed by atoms with E-state index in [9.17, 15) is 9.18 Å². The highest BCUT2D eigenvalue weighted by atomic mass is 19.1. The first-order chi connectivity index (χ1) is 14.1. The van der Waals surface area contributed by atoms with Gasteiger partial charge in [0.2, 0.25) is 0 Å². The number of ether oxygens (including phenoxy) is 1. The molecule has 2 aliphatic rings. The third kappa shape index (κ3) is 4.60. The van der Waals surface area contributed by atoms with Crippen molar-refractivity contribution in [3.8, 4) is 11.1 Å². The van der Waals surface area contributed by atoms with Crippen LogP contribution in [-0.2, 0) is 11.3 Å². The largest absolute Gasteiger partial charge is 0.447 e. The minimum absolute atomic E-state index is 0.284. The van der Waals surface area contributed by atoms with Gasteiger partial charge in [-0.25, -0.2) is 9.18 Å². The Morgan fingerprint density at radius 2 is 1.83 bits per heavy atom. The highest BCUT2D eigenvalue weighted by Crippen LogP contribution is 2.29. The molecule has 6 heteroatoms. The van der Waals surface area contributed by atoms with Gasteiger partial charge < -0.3 is 9.84 Å². The zero-order chi connectivity index (χ0) is 20.2. The van der Waals surface area contributed by atoms with Crippen LogP contribution in [-0.4, -0.2) is 48.9 Å². The molecule has 2 fully saturated rings. The first kappa shape index (κ1) is 19.9. The fourth-order valence-electron chi connectivity index (χ4n) is 4.20.